The molecule has 0 unspecified atom stereocenters. The predicted molar refractivity (Wildman–Crippen MR) is 37.7 cm³/mol. The number of esters is 1. The molecule has 0 saturated heterocycles. The average molecular weight is 146 g/mol. The highest BCUT2D eigenvalue weighted by Gasteiger charge is 2.15. The number of hydrogen-bond donors (Lipinski definition) is 0. The highest BCUT2D eigenvalue weighted by atomic mass is 16.6. The van der Waals surface area contributed by atoms with Crippen molar-refractivity contribution in [1.29, 1.82) is 0 Å². The van der Waals surface area contributed by atoms with Crippen molar-refractivity contribution in [2.45, 2.75) is 26.4 Å². The second kappa shape index (κ2) is 3.56. The molecule has 0 aromatic carbocycles. The number of methoxy groups -OCH3 is 1. The van der Waals surface area contributed by atoms with Crippen LogP contribution in [-0.4, -0.2) is 25.3 Å². The number of carbonyl (C=O) groups is 1. The van der Waals surface area contributed by atoms with E-state index in [0.29, 0.717) is 0 Å². The fourth-order valence-electron chi connectivity index (χ4n) is 0.489. The third-order valence-electron chi connectivity index (χ3n) is 0.682. The third kappa shape index (κ3) is 5.56. The van der Waals surface area contributed by atoms with Gasteiger partial charge in [0.25, 0.3) is 0 Å². The first kappa shape index (κ1) is 9.43. The summed E-state index contributed by atoms with van der Waals surface area (Å²) in [5, 5.41) is 0. The van der Waals surface area contributed by atoms with Gasteiger partial charge < -0.3 is 9.47 Å². The zero-order valence-corrected chi connectivity index (χ0v) is 6.93. The minimum absolute atomic E-state index is 0.0251. The molecule has 0 atom stereocenters. The second-order valence-electron chi connectivity index (χ2n) is 3.02. The number of rotatable bonds is 2. The highest BCUT2D eigenvalue weighted by molar-refractivity contribution is 5.71. The summed E-state index contributed by atoms with van der Waals surface area (Å²) in [5.41, 5.74) is -0.407. The molecule has 0 bridgehead atoms. The van der Waals surface area contributed by atoms with Crippen LogP contribution in [0.15, 0.2) is 0 Å². The molecule has 0 aliphatic heterocycles. The van der Waals surface area contributed by atoms with Gasteiger partial charge in [-0.2, -0.15) is 0 Å². The zero-order chi connectivity index (χ0) is 8.20. The Labute approximate surface area is 61.3 Å². The lowest BCUT2D eigenvalue weighted by molar-refractivity contribution is -0.159. The first-order chi connectivity index (χ1) is 4.45. The minimum atomic E-state index is -0.407. The van der Waals surface area contributed by atoms with Gasteiger partial charge in [0.15, 0.2) is 0 Å². The molecule has 0 N–H and O–H groups in total. The molecule has 0 aliphatic rings. The van der Waals surface area contributed by atoms with Gasteiger partial charge in [0.05, 0.1) is 0 Å². The molecular weight excluding hydrogens is 132 g/mol. The van der Waals surface area contributed by atoms with E-state index in [1.54, 1.807) is 0 Å². The quantitative estimate of drug-likeness (QED) is 0.545. The van der Waals surface area contributed by atoms with Gasteiger partial charge in [-0.05, 0) is 20.8 Å². The smallest absolute Gasteiger partial charge is 0.332 e. The maximum Gasteiger partial charge on any atom is 0.332 e. The highest BCUT2D eigenvalue weighted by Crippen LogP contribution is 2.06. The van der Waals surface area contributed by atoms with Crippen LogP contribution in [0.25, 0.3) is 0 Å². The summed E-state index contributed by atoms with van der Waals surface area (Å²) in [4.78, 5) is 10.7. The lowest BCUT2D eigenvalue weighted by Crippen LogP contribution is -2.26. The van der Waals surface area contributed by atoms with Crippen LogP contribution in [0.3, 0.4) is 0 Å². The Morgan fingerprint density at radius 2 is 1.90 bits per heavy atom. The molecule has 0 aromatic heterocycles. The molecule has 0 spiro atoms. The van der Waals surface area contributed by atoms with Gasteiger partial charge in [-0.1, -0.05) is 0 Å². The number of ether oxygens (including phenoxy) is 2. The van der Waals surface area contributed by atoms with Crippen LogP contribution < -0.4 is 0 Å². The van der Waals surface area contributed by atoms with Crippen molar-refractivity contribution in [3.8, 4) is 0 Å². The summed E-state index contributed by atoms with van der Waals surface area (Å²) in [7, 11) is 1.46. The molecule has 0 aliphatic carbocycles. The van der Waals surface area contributed by atoms with E-state index in [-0.39, 0.29) is 12.6 Å². The molecular formula is C7H14O3. The molecule has 0 radical (unpaired) electrons. The second-order valence-corrected chi connectivity index (χ2v) is 3.02. The van der Waals surface area contributed by atoms with Crippen molar-refractivity contribution < 1.29 is 14.3 Å². The van der Waals surface area contributed by atoms with Gasteiger partial charge in [0.1, 0.15) is 12.2 Å². The summed E-state index contributed by atoms with van der Waals surface area (Å²) in [5.74, 6) is -0.324. The lowest BCUT2D eigenvalue weighted by atomic mass is 10.2. The van der Waals surface area contributed by atoms with E-state index in [9.17, 15) is 4.79 Å². The molecule has 10 heavy (non-hydrogen) atoms. The molecule has 0 fully saturated rings. The Bertz CT molecular complexity index is 113. The maximum absolute atomic E-state index is 10.7. The van der Waals surface area contributed by atoms with Gasteiger partial charge in [-0.3, -0.25) is 0 Å². The molecule has 0 aromatic rings. The van der Waals surface area contributed by atoms with Crippen LogP contribution in [0, 0.1) is 0 Å². The van der Waals surface area contributed by atoms with E-state index in [2.05, 4.69) is 4.74 Å². The number of hydrogen-bond acceptors (Lipinski definition) is 3. The lowest BCUT2D eigenvalue weighted by Gasteiger charge is -2.18. The third-order valence-corrected chi connectivity index (χ3v) is 0.682. The van der Waals surface area contributed by atoms with Crippen molar-refractivity contribution in [1.82, 2.24) is 0 Å². The van der Waals surface area contributed by atoms with Crippen LogP contribution in [-0.2, 0) is 14.3 Å². The molecule has 0 heterocycles. The summed E-state index contributed by atoms with van der Waals surface area (Å²) in [6, 6.07) is 0. The fourth-order valence-corrected chi connectivity index (χ4v) is 0.489. The van der Waals surface area contributed by atoms with Gasteiger partial charge >= 0.3 is 5.97 Å². The zero-order valence-electron chi connectivity index (χ0n) is 6.93. The monoisotopic (exact) mass is 146 g/mol. The first-order valence-corrected chi connectivity index (χ1v) is 3.16. The summed E-state index contributed by atoms with van der Waals surface area (Å²) >= 11 is 0. The minimum Gasteiger partial charge on any atom is -0.458 e. The van der Waals surface area contributed by atoms with Crippen LogP contribution in [0.2, 0.25) is 0 Å². The number of carbonyl (C=O) groups excluding carboxylic acids is 1. The Balaban J connectivity index is 3.58. The van der Waals surface area contributed by atoms with Crippen molar-refractivity contribution >= 4 is 5.97 Å². The van der Waals surface area contributed by atoms with Gasteiger partial charge in [-0.25, -0.2) is 4.79 Å². The summed E-state index contributed by atoms with van der Waals surface area (Å²) in [6.07, 6.45) is 0. The van der Waals surface area contributed by atoms with Crippen molar-refractivity contribution in [2.75, 3.05) is 13.7 Å². The van der Waals surface area contributed by atoms with Crippen molar-refractivity contribution in [3.05, 3.63) is 0 Å². The summed E-state index contributed by atoms with van der Waals surface area (Å²) in [6.45, 7) is 5.49. The Hall–Kier alpha value is -0.570. The predicted octanol–water partition coefficient (Wildman–Crippen LogP) is 0.975. The maximum atomic E-state index is 10.7. The van der Waals surface area contributed by atoms with E-state index in [0.717, 1.165) is 0 Å². The standard InChI is InChI=1S/C7H14O3/c1-7(2,3)10-6(8)5-9-4/h5H2,1-4H3. The molecule has 3 heteroatoms. The van der Waals surface area contributed by atoms with Crippen molar-refractivity contribution in [2.24, 2.45) is 0 Å². The summed E-state index contributed by atoms with van der Waals surface area (Å²) < 4.78 is 9.49. The Morgan fingerprint density at radius 3 is 2.20 bits per heavy atom. The fraction of sp³-hybridized carbons (Fsp3) is 0.857. The first-order valence-electron chi connectivity index (χ1n) is 3.16. The van der Waals surface area contributed by atoms with Crippen LogP contribution in [0.4, 0.5) is 0 Å². The van der Waals surface area contributed by atoms with Gasteiger partial charge in [-0.15, -0.1) is 0 Å². The van der Waals surface area contributed by atoms with Crippen LogP contribution >= 0.6 is 0 Å². The normalized spacial score (nSPS) is 11.2. The SMILES string of the molecule is COCC(=O)OC(C)(C)C. The molecule has 3 nitrogen and oxygen atoms in total. The average Bonchev–Trinajstić information content (AvgIpc) is 1.59. The van der Waals surface area contributed by atoms with Gasteiger partial charge in [0.2, 0.25) is 0 Å². The molecule has 60 valence electrons. The van der Waals surface area contributed by atoms with E-state index in [1.807, 2.05) is 20.8 Å². The largest absolute Gasteiger partial charge is 0.458 e. The Morgan fingerprint density at radius 1 is 1.40 bits per heavy atom. The van der Waals surface area contributed by atoms with Crippen LogP contribution in [0.1, 0.15) is 20.8 Å². The topological polar surface area (TPSA) is 35.5 Å². The van der Waals surface area contributed by atoms with E-state index >= 15 is 0 Å². The van der Waals surface area contributed by atoms with E-state index in [4.69, 9.17) is 4.74 Å². The van der Waals surface area contributed by atoms with Gasteiger partial charge in [0, 0.05) is 7.11 Å². The van der Waals surface area contributed by atoms with E-state index in [1.165, 1.54) is 7.11 Å². The van der Waals surface area contributed by atoms with Crippen LogP contribution in [0.5, 0.6) is 0 Å². The molecule has 0 saturated carbocycles. The van der Waals surface area contributed by atoms with Crippen molar-refractivity contribution in [3.63, 3.8) is 0 Å². The molecule has 0 amide bonds. The Kier molecular flexibility index (Phi) is 3.36. The molecule has 0 rings (SSSR count). The van der Waals surface area contributed by atoms with E-state index < -0.39 is 5.60 Å².